The van der Waals surface area contributed by atoms with E-state index in [-0.39, 0.29) is 18.9 Å². The van der Waals surface area contributed by atoms with E-state index in [0.717, 1.165) is 4.90 Å². The molecule has 2 heterocycles. The fourth-order valence-electron chi connectivity index (χ4n) is 2.91. The van der Waals surface area contributed by atoms with Gasteiger partial charge < -0.3 is 15.2 Å². The molecule has 0 spiro atoms. The van der Waals surface area contributed by atoms with Crippen LogP contribution in [0.3, 0.4) is 0 Å². The van der Waals surface area contributed by atoms with Gasteiger partial charge in [0.15, 0.2) is 0 Å². The van der Waals surface area contributed by atoms with E-state index in [0.29, 0.717) is 11.1 Å². The molecule has 1 fully saturated rings. The summed E-state index contributed by atoms with van der Waals surface area (Å²) >= 11 is 1.59. The Hall–Kier alpha value is -2.36. The number of carbonyl (C=O) groups is 1. The SMILES string of the molecule is CSc1ccc(C(=O)NC[C@H]2O[C@@H](n3cc(C)c(=O)[nH]c3=O)C[C@@H]2O)cc1. The first kappa shape index (κ1) is 19.4. The Kier molecular flexibility index (Phi) is 5.83. The highest BCUT2D eigenvalue weighted by Crippen LogP contribution is 2.27. The zero-order valence-electron chi connectivity index (χ0n) is 15.0. The van der Waals surface area contributed by atoms with Crippen molar-refractivity contribution in [3.63, 3.8) is 0 Å². The van der Waals surface area contributed by atoms with E-state index >= 15 is 0 Å². The van der Waals surface area contributed by atoms with E-state index in [9.17, 15) is 19.5 Å². The third-order valence-electron chi connectivity index (χ3n) is 4.48. The lowest BCUT2D eigenvalue weighted by molar-refractivity contribution is -0.0187. The maximum atomic E-state index is 12.2. The number of H-pyrrole nitrogens is 1. The van der Waals surface area contributed by atoms with Crippen LogP contribution in [0.2, 0.25) is 0 Å². The quantitative estimate of drug-likeness (QED) is 0.645. The smallest absolute Gasteiger partial charge is 0.330 e. The van der Waals surface area contributed by atoms with Crippen LogP contribution in [0.1, 0.15) is 28.6 Å². The predicted octanol–water partition coefficient (Wildman–Crippen LogP) is 0.645. The Morgan fingerprint density at radius 3 is 2.74 bits per heavy atom. The van der Waals surface area contributed by atoms with Crippen LogP contribution in [0, 0.1) is 6.92 Å². The minimum Gasteiger partial charge on any atom is -0.390 e. The van der Waals surface area contributed by atoms with Gasteiger partial charge in [-0.25, -0.2) is 4.79 Å². The largest absolute Gasteiger partial charge is 0.390 e. The molecule has 3 N–H and O–H groups in total. The molecule has 0 radical (unpaired) electrons. The number of amides is 1. The first-order valence-electron chi connectivity index (χ1n) is 8.47. The van der Waals surface area contributed by atoms with E-state index in [1.807, 2.05) is 18.4 Å². The molecule has 0 saturated carbocycles. The second-order valence-corrected chi connectivity index (χ2v) is 7.23. The molecular formula is C18H21N3O5S. The number of aromatic amines is 1. The van der Waals surface area contributed by atoms with Gasteiger partial charge in [-0.2, -0.15) is 0 Å². The number of aliphatic hydroxyl groups is 1. The molecule has 3 atom stereocenters. The Balaban J connectivity index is 1.63. The van der Waals surface area contributed by atoms with Crippen LogP contribution in [-0.2, 0) is 4.74 Å². The van der Waals surface area contributed by atoms with Crippen molar-refractivity contribution in [3.05, 3.63) is 62.4 Å². The molecule has 1 aliphatic heterocycles. The minimum absolute atomic E-state index is 0.109. The van der Waals surface area contributed by atoms with Gasteiger partial charge in [-0.3, -0.25) is 19.1 Å². The van der Waals surface area contributed by atoms with Crippen LogP contribution in [0.15, 0.2) is 44.9 Å². The van der Waals surface area contributed by atoms with Gasteiger partial charge in [-0.1, -0.05) is 0 Å². The molecule has 1 saturated heterocycles. The van der Waals surface area contributed by atoms with Crippen molar-refractivity contribution in [1.29, 1.82) is 0 Å². The molecule has 144 valence electrons. The molecule has 0 unspecified atom stereocenters. The third kappa shape index (κ3) is 4.32. The van der Waals surface area contributed by atoms with Crippen LogP contribution < -0.4 is 16.6 Å². The number of carbonyl (C=O) groups excluding carboxylic acids is 1. The molecule has 0 bridgehead atoms. The van der Waals surface area contributed by atoms with E-state index in [2.05, 4.69) is 10.3 Å². The topological polar surface area (TPSA) is 113 Å². The summed E-state index contributed by atoms with van der Waals surface area (Å²) in [6.07, 6.45) is 1.36. The van der Waals surface area contributed by atoms with Gasteiger partial charge >= 0.3 is 5.69 Å². The van der Waals surface area contributed by atoms with E-state index < -0.39 is 29.7 Å². The fraction of sp³-hybridized carbons (Fsp3) is 0.389. The monoisotopic (exact) mass is 391 g/mol. The third-order valence-corrected chi connectivity index (χ3v) is 5.22. The summed E-state index contributed by atoms with van der Waals surface area (Å²) in [5.41, 5.74) is -0.157. The maximum absolute atomic E-state index is 12.2. The zero-order valence-corrected chi connectivity index (χ0v) is 15.8. The summed E-state index contributed by atoms with van der Waals surface area (Å²) in [6.45, 7) is 1.69. The highest BCUT2D eigenvalue weighted by atomic mass is 32.2. The number of hydrogen-bond acceptors (Lipinski definition) is 6. The van der Waals surface area contributed by atoms with Crippen LogP contribution in [-0.4, -0.2) is 45.6 Å². The van der Waals surface area contributed by atoms with Gasteiger partial charge in [0.25, 0.3) is 11.5 Å². The van der Waals surface area contributed by atoms with E-state index in [1.165, 1.54) is 10.8 Å². The Morgan fingerprint density at radius 1 is 1.37 bits per heavy atom. The number of thioether (sulfide) groups is 1. The van der Waals surface area contributed by atoms with E-state index in [4.69, 9.17) is 4.74 Å². The molecule has 3 rings (SSSR count). The maximum Gasteiger partial charge on any atom is 0.330 e. The number of benzene rings is 1. The summed E-state index contributed by atoms with van der Waals surface area (Å²) in [6, 6.07) is 7.19. The van der Waals surface area contributed by atoms with Crippen molar-refractivity contribution >= 4 is 17.7 Å². The summed E-state index contributed by atoms with van der Waals surface area (Å²) in [5.74, 6) is -0.265. The summed E-state index contributed by atoms with van der Waals surface area (Å²) < 4.78 is 6.98. The number of nitrogens with one attached hydrogen (secondary N) is 2. The summed E-state index contributed by atoms with van der Waals surface area (Å²) in [4.78, 5) is 39.0. The fourth-order valence-corrected chi connectivity index (χ4v) is 3.32. The van der Waals surface area contributed by atoms with Crippen molar-refractivity contribution in [3.8, 4) is 0 Å². The van der Waals surface area contributed by atoms with Crippen molar-refractivity contribution in [2.24, 2.45) is 0 Å². The Labute approximate surface area is 159 Å². The van der Waals surface area contributed by atoms with Crippen molar-refractivity contribution in [2.75, 3.05) is 12.8 Å². The van der Waals surface area contributed by atoms with Gasteiger partial charge in [0.1, 0.15) is 12.3 Å². The lowest BCUT2D eigenvalue weighted by Gasteiger charge is -2.17. The zero-order chi connectivity index (χ0) is 19.6. The second-order valence-electron chi connectivity index (χ2n) is 6.35. The Morgan fingerprint density at radius 2 is 2.07 bits per heavy atom. The highest BCUT2D eigenvalue weighted by molar-refractivity contribution is 7.98. The number of aliphatic hydroxyl groups excluding tert-OH is 1. The summed E-state index contributed by atoms with van der Waals surface area (Å²) in [5, 5.41) is 13.0. The number of aryl methyl sites for hydroxylation is 1. The van der Waals surface area contributed by atoms with Crippen LogP contribution in [0.4, 0.5) is 0 Å². The van der Waals surface area contributed by atoms with Crippen LogP contribution >= 0.6 is 11.8 Å². The van der Waals surface area contributed by atoms with Gasteiger partial charge in [0, 0.05) is 35.2 Å². The number of aromatic nitrogens is 2. The minimum atomic E-state index is -0.840. The lowest BCUT2D eigenvalue weighted by Crippen LogP contribution is -2.37. The van der Waals surface area contributed by atoms with Crippen molar-refractivity contribution in [2.45, 2.75) is 36.7 Å². The molecule has 27 heavy (non-hydrogen) atoms. The van der Waals surface area contributed by atoms with E-state index in [1.54, 1.807) is 30.8 Å². The predicted molar refractivity (Wildman–Crippen MR) is 101 cm³/mol. The van der Waals surface area contributed by atoms with Crippen LogP contribution in [0.5, 0.6) is 0 Å². The Bertz CT molecular complexity index is 937. The summed E-state index contributed by atoms with van der Waals surface area (Å²) in [7, 11) is 0. The average Bonchev–Trinajstić information content (AvgIpc) is 3.03. The van der Waals surface area contributed by atoms with Gasteiger partial charge in [-0.15, -0.1) is 11.8 Å². The van der Waals surface area contributed by atoms with Gasteiger partial charge in [0.05, 0.1) is 6.10 Å². The number of rotatable bonds is 5. The first-order chi connectivity index (χ1) is 12.9. The standard InChI is InChI=1S/C18H21N3O5S/c1-10-9-21(18(25)20-16(10)23)15-7-13(22)14(26-15)8-19-17(24)11-3-5-12(27-2)6-4-11/h3-6,9,13-15,22H,7-8H2,1-2H3,(H,19,24)(H,20,23,25)/t13-,14+,15+/m0/s1. The molecule has 1 aromatic carbocycles. The lowest BCUT2D eigenvalue weighted by atomic mass is 10.1. The number of hydrogen-bond donors (Lipinski definition) is 3. The van der Waals surface area contributed by atoms with Crippen molar-refractivity contribution in [1.82, 2.24) is 14.9 Å². The molecule has 1 amide bonds. The molecular weight excluding hydrogens is 370 g/mol. The highest BCUT2D eigenvalue weighted by Gasteiger charge is 2.35. The molecule has 2 aromatic rings. The van der Waals surface area contributed by atoms with Gasteiger partial charge in [-0.05, 0) is 37.4 Å². The van der Waals surface area contributed by atoms with Crippen molar-refractivity contribution < 1.29 is 14.6 Å². The second kappa shape index (κ2) is 8.12. The normalized spacial score (nSPS) is 22.0. The first-order valence-corrected chi connectivity index (χ1v) is 9.69. The van der Waals surface area contributed by atoms with Gasteiger partial charge in [0.2, 0.25) is 0 Å². The molecule has 1 aromatic heterocycles. The number of ether oxygens (including phenoxy) is 1. The van der Waals surface area contributed by atoms with Crippen LogP contribution in [0.25, 0.3) is 0 Å². The number of nitrogens with zero attached hydrogens (tertiary/aromatic N) is 1. The molecule has 1 aliphatic rings. The molecule has 8 nitrogen and oxygen atoms in total. The molecule has 0 aliphatic carbocycles. The average molecular weight is 391 g/mol. The molecule has 9 heteroatoms.